The summed E-state index contributed by atoms with van der Waals surface area (Å²) in [6.07, 6.45) is -0.973. The van der Waals surface area contributed by atoms with Gasteiger partial charge in [0.15, 0.2) is 0 Å². The molecule has 4 rings (SSSR count). The fourth-order valence-corrected chi connectivity index (χ4v) is 5.31. The first-order chi connectivity index (χ1) is 16.4. The summed E-state index contributed by atoms with van der Waals surface area (Å²) in [5.41, 5.74) is 0.941. The van der Waals surface area contributed by atoms with Crippen molar-refractivity contribution in [2.75, 3.05) is 31.5 Å². The Bertz CT molecular complexity index is 1360. The van der Waals surface area contributed by atoms with Gasteiger partial charge in [0, 0.05) is 19.2 Å². The summed E-state index contributed by atoms with van der Waals surface area (Å²) in [6.45, 7) is 0.960. The lowest BCUT2D eigenvalue weighted by Crippen LogP contribution is -2.26. The number of nitrogens with one attached hydrogen (secondary N) is 3. The summed E-state index contributed by atoms with van der Waals surface area (Å²) in [5.74, 6) is 0.437. The Morgan fingerprint density at radius 2 is 2.09 bits per heavy atom. The van der Waals surface area contributed by atoms with Crippen molar-refractivity contribution in [1.82, 2.24) is 15.5 Å². The van der Waals surface area contributed by atoms with Crippen molar-refractivity contribution in [2.45, 2.75) is 10.3 Å². The maximum atomic E-state index is 14.2. The zero-order valence-corrected chi connectivity index (χ0v) is 19.7. The molecule has 0 amide bonds. The fourth-order valence-electron chi connectivity index (χ4n) is 3.26. The van der Waals surface area contributed by atoms with Crippen LogP contribution in [0.25, 0.3) is 10.9 Å². The highest BCUT2D eigenvalue weighted by Gasteiger charge is 2.19. The quantitative estimate of drug-likeness (QED) is 0.230. The number of aliphatic hydroxyl groups is 1. The Kier molecular flexibility index (Phi) is 7.32. The normalized spacial score (nSPS) is 12.6. The molecule has 0 aliphatic heterocycles. The van der Waals surface area contributed by atoms with Crippen LogP contribution in [0.3, 0.4) is 0 Å². The Morgan fingerprint density at radius 1 is 1.24 bits per heavy atom. The molecule has 34 heavy (non-hydrogen) atoms. The molecule has 0 unspecified atom stereocenters. The number of aromatic nitrogens is 2. The van der Waals surface area contributed by atoms with Crippen LogP contribution < -0.4 is 19.5 Å². The Hall–Kier alpha value is -3.19. The molecule has 0 bridgehead atoms. The number of halogens is 1. The predicted octanol–water partition coefficient (Wildman–Crippen LogP) is 3.27. The minimum absolute atomic E-state index is 0.0744. The molecule has 9 nitrogen and oxygen atoms in total. The summed E-state index contributed by atoms with van der Waals surface area (Å²) < 4.78 is 52.1. The zero-order valence-electron chi connectivity index (χ0n) is 18.1. The van der Waals surface area contributed by atoms with E-state index in [1.54, 1.807) is 18.6 Å². The number of hydrogen-bond acceptors (Lipinski definition) is 8. The van der Waals surface area contributed by atoms with Crippen LogP contribution in [0.4, 0.5) is 10.1 Å². The van der Waals surface area contributed by atoms with Crippen molar-refractivity contribution in [3.63, 3.8) is 0 Å². The Morgan fingerprint density at radius 3 is 2.85 bits per heavy atom. The van der Waals surface area contributed by atoms with E-state index in [0.29, 0.717) is 30.3 Å². The van der Waals surface area contributed by atoms with E-state index in [4.69, 9.17) is 9.47 Å². The minimum Gasteiger partial charge on any atom is -0.492 e. The third-order valence-electron chi connectivity index (χ3n) is 4.96. The minimum atomic E-state index is -3.90. The van der Waals surface area contributed by atoms with Gasteiger partial charge >= 0.3 is 0 Å². The number of fused-ring (bicyclic) bond motifs is 1. The summed E-state index contributed by atoms with van der Waals surface area (Å²) in [5, 5.41) is 22.9. The molecule has 4 N–H and O–H groups in total. The van der Waals surface area contributed by atoms with Gasteiger partial charge in [-0.15, -0.1) is 16.4 Å². The van der Waals surface area contributed by atoms with E-state index in [1.165, 1.54) is 18.2 Å². The van der Waals surface area contributed by atoms with Crippen LogP contribution in [0.2, 0.25) is 0 Å². The molecule has 0 aliphatic carbocycles. The largest absolute Gasteiger partial charge is 0.492 e. The summed E-state index contributed by atoms with van der Waals surface area (Å²) >= 11 is 1.03. The van der Waals surface area contributed by atoms with Gasteiger partial charge in [-0.25, -0.2) is 12.8 Å². The number of benzene rings is 2. The first-order valence-corrected chi connectivity index (χ1v) is 12.6. The van der Waals surface area contributed by atoms with Gasteiger partial charge in [0.1, 0.15) is 22.4 Å². The second-order valence-corrected chi connectivity index (χ2v) is 10.1. The maximum Gasteiger partial charge on any atom is 0.271 e. The molecule has 2 heterocycles. The van der Waals surface area contributed by atoms with Crippen LogP contribution in [0.5, 0.6) is 11.6 Å². The first-order valence-electron chi connectivity index (χ1n) is 10.3. The van der Waals surface area contributed by atoms with Gasteiger partial charge in [0.25, 0.3) is 10.0 Å². The number of thiophene rings is 1. The number of anilines is 1. The smallest absolute Gasteiger partial charge is 0.271 e. The highest BCUT2D eigenvalue weighted by Crippen LogP contribution is 2.27. The third-order valence-corrected chi connectivity index (χ3v) is 7.72. The highest BCUT2D eigenvalue weighted by atomic mass is 32.2. The number of methoxy groups -OCH3 is 1. The second-order valence-electron chi connectivity index (χ2n) is 7.29. The average Bonchev–Trinajstić information content (AvgIpc) is 3.50. The number of nitrogens with zero attached hydrogens (tertiary/aromatic N) is 1. The number of aliphatic hydroxyl groups excluding tert-OH is 1. The van der Waals surface area contributed by atoms with Crippen molar-refractivity contribution < 1.29 is 27.4 Å². The standard InChI is InChI=1S/C22H23FN4O5S2/c1-31-22-16-6-5-15(12-18(16)25-26-22)32-9-8-24-13-20(28)14-4-7-17(23)19(11-14)27-34(29,30)21-3-2-10-33-21/h2-7,10-12,20,24,27-28H,8-9,13H2,1H3,(H,25,26)/t20-/m0/s1. The van der Waals surface area contributed by atoms with E-state index in [2.05, 4.69) is 20.2 Å². The van der Waals surface area contributed by atoms with Crippen molar-refractivity contribution in [1.29, 1.82) is 0 Å². The van der Waals surface area contributed by atoms with Crippen LogP contribution in [0.1, 0.15) is 11.7 Å². The predicted molar refractivity (Wildman–Crippen MR) is 127 cm³/mol. The first kappa shape index (κ1) is 24.0. The number of H-pyrrole nitrogens is 1. The molecule has 4 aromatic rings. The molecule has 0 saturated carbocycles. The van der Waals surface area contributed by atoms with Crippen LogP contribution in [-0.4, -0.2) is 50.5 Å². The summed E-state index contributed by atoms with van der Waals surface area (Å²) in [6, 6.07) is 12.3. The highest BCUT2D eigenvalue weighted by molar-refractivity contribution is 7.94. The monoisotopic (exact) mass is 506 g/mol. The van der Waals surface area contributed by atoms with Crippen molar-refractivity contribution in [3.05, 3.63) is 65.3 Å². The Balaban J connectivity index is 1.28. The van der Waals surface area contributed by atoms with Crippen LogP contribution in [-0.2, 0) is 10.0 Å². The number of sulfonamides is 1. The van der Waals surface area contributed by atoms with Gasteiger partial charge in [-0.2, -0.15) is 0 Å². The van der Waals surface area contributed by atoms with Crippen molar-refractivity contribution in [3.8, 4) is 11.6 Å². The number of aromatic amines is 1. The molecule has 0 spiro atoms. The fraction of sp³-hybridized carbons (Fsp3) is 0.227. The van der Waals surface area contributed by atoms with Crippen LogP contribution >= 0.6 is 11.3 Å². The molecule has 12 heteroatoms. The number of rotatable bonds is 11. The molecule has 0 radical (unpaired) electrons. The summed E-state index contributed by atoms with van der Waals surface area (Å²) in [4.78, 5) is 0. The van der Waals surface area contributed by atoms with Gasteiger partial charge in [0.2, 0.25) is 5.88 Å². The van der Waals surface area contributed by atoms with Gasteiger partial charge in [-0.3, -0.25) is 9.82 Å². The van der Waals surface area contributed by atoms with Gasteiger partial charge in [-0.05, 0) is 41.3 Å². The van der Waals surface area contributed by atoms with E-state index in [-0.39, 0.29) is 16.4 Å². The van der Waals surface area contributed by atoms with E-state index < -0.39 is 21.9 Å². The van der Waals surface area contributed by atoms with Crippen LogP contribution in [0.15, 0.2) is 58.1 Å². The Labute approximate surface area is 199 Å². The van der Waals surface area contributed by atoms with Gasteiger partial charge in [0.05, 0.1) is 29.8 Å². The lowest BCUT2D eigenvalue weighted by atomic mass is 10.1. The summed E-state index contributed by atoms with van der Waals surface area (Å²) in [7, 11) is -2.35. The molecule has 2 aromatic heterocycles. The molecule has 0 aliphatic rings. The molecule has 0 fully saturated rings. The molecule has 180 valence electrons. The van der Waals surface area contributed by atoms with E-state index in [9.17, 15) is 17.9 Å². The van der Waals surface area contributed by atoms with E-state index >= 15 is 0 Å². The topological polar surface area (TPSA) is 126 Å². The van der Waals surface area contributed by atoms with Crippen LogP contribution in [0, 0.1) is 5.82 Å². The lowest BCUT2D eigenvalue weighted by molar-refractivity contribution is 0.172. The third kappa shape index (κ3) is 5.47. The van der Waals surface area contributed by atoms with Gasteiger partial charge < -0.3 is 19.9 Å². The average molecular weight is 507 g/mol. The van der Waals surface area contributed by atoms with E-state index in [0.717, 1.165) is 28.3 Å². The zero-order chi connectivity index (χ0) is 24.1. The molecular weight excluding hydrogens is 483 g/mol. The van der Waals surface area contributed by atoms with Gasteiger partial charge in [-0.1, -0.05) is 12.1 Å². The molecular formula is C22H23FN4O5S2. The molecule has 2 aromatic carbocycles. The second kappa shape index (κ2) is 10.4. The maximum absolute atomic E-state index is 14.2. The number of hydrogen-bond donors (Lipinski definition) is 4. The lowest BCUT2D eigenvalue weighted by Gasteiger charge is -2.15. The SMILES string of the molecule is COc1n[nH]c2cc(OCCNC[C@H](O)c3ccc(F)c(NS(=O)(=O)c4cccs4)c3)ccc12. The van der Waals surface area contributed by atoms with Crippen molar-refractivity contribution in [2.24, 2.45) is 0 Å². The van der Waals surface area contributed by atoms with Crippen molar-refractivity contribution >= 4 is 38.0 Å². The van der Waals surface area contributed by atoms with E-state index in [1.807, 2.05) is 18.2 Å². The molecule has 1 atom stereocenters. The number of ether oxygens (including phenoxy) is 2. The molecule has 0 saturated heterocycles.